The molecule has 2 nitrogen and oxygen atoms in total. The van der Waals surface area contributed by atoms with Gasteiger partial charge in [-0.2, -0.15) is 0 Å². The summed E-state index contributed by atoms with van der Waals surface area (Å²) < 4.78 is 14.2. The smallest absolute Gasteiger partial charge is 0.225 e. The van der Waals surface area contributed by atoms with Gasteiger partial charge in [-0.25, -0.2) is 4.39 Å². The van der Waals surface area contributed by atoms with Crippen molar-refractivity contribution in [2.45, 2.75) is 26.2 Å². The first-order valence-electron chi connectivity index (χ1n) is 6.83. The number of rotatable bonds is 1. The van der Waals surface area contributed by atoms with Crippen molar-refractivity contribution in [2.75, 3.05) is 5.32 Å². The molecular weight excluding hydrogens is 289 g/mol. The second-order valence-corrected chi connectivity index (χ2v) is 5.82. The van der Waals surface area contributed by atoms with Gasteiger partial charge in [-0.15, -0.1) is 0 Å². The predicted molar refractivity (Wildman–Crippen MR) is 82.4 cm³/mol. The highest BCUT2D eigenvalue weighted by Gasteiger charge is 2.31. The standard InChI is InChI=1S/C17H15ClFNO/c1-9-6-7-11-12(8-15(21)20-17(11)10(9)2)16-13(18)4-3-5-14(16)19/h3-7,12H,8H2,1-2H3,(H,20,21). The zero-order chi connectivity index (χ0) is 15.1. The van der Waals surface area contributed by atoms with Crippen molar-refractivity contribution >= 4 is 23.2 Å². The third kappa shape index (κ3) is 2.32. The average Bonchev–Trinajstić information content (AvgIpc) is 2.43. The predicted octanol–water partition coefficient (Wildman–Crippen LogP) is 4.57. The highest BCUT2D eigenvalue weighted by atomic mass is 35.5. The molecule has 0 radical (unpaired) electrons. The van der Waals surface area contributed by atoms with Crippen LogP contribution in [0.3, 0.4) is 0 Å². The zero-order valence-corrected chi connectivity index (χ0v) is 12.6. The number of carbonyl (C=O) groups excluding carboxylic acids is 1. The van der Waals surface area contributed by atoms with E-state index in [4.69, 9.17) is 11.6 Å². The average molecular weight is 304 g/mol. The van der Waals surface area contributed by atoms with E-state index in [1.807, 2.05) is 26.0 Å². The topological polar surface area (TPSA) is 29.1 Å². The lowest BCUT2D eigenvalue weighted by Crippen LogP contribution is -2.25. The molecule has 2 aromatic carbocycles. The summed E-state index contributed by atoms with van der Waals surface area (Å²) >= 11 is 6.18. The minimum atomic E-state index is -0.369. The van der Waals surface area contributed by atoms with E-state index in [2.05, 4.69) is 5.32 Å². The SMILES string of the molecule is Cc1ccc2c(c1C)NC(=O)CC2c1c(F)cccc1Cl. The first-order chi connectivity index (χ1) is 9.99. The second-order valence-electron chi connectivity index (χ2n) is 5.41. The van der Waals surface area contributed by atoms with Gasteiger partial charge in [0.1, 0.15) is 5.82 Å². The molecule has 1 aliphatic heterocycles. The summed E-state index contributed by atoms with van der Waals surface area (Å²) in [6, 6.07) is 8.56. The van der Waals surface area contributed by atoms with Gasteiger partial charge < -0.3 is 5.32 Å². The number of anilines is 1. The Labute approximate surface area is 127 Å². The van der Waals surface area contributed by atoms with Crippen LogP contribution in [0.4, 0.5) is 10.1 Å². The molecule has 108 valence electrons. The molecule has 1 N–H and O–H groups in total. The lowest BCUT2D eigenvalue weighted by Gasteiger charge is -2.28. The van der Waals surface area contributed by atoms with Crippen LogP contribution in [0, 0.1) is 19.7 Å². The maximum absolute atomic E-state index is 14.2. The molecule has 0 aliphatic carbocycles. The first-order valence-corrected chi connectivity index (χ1v) is 7.20. The quantitative estimate of drug-likeness (QED) is 0.821. The highest BCUT2D eigenvalue weighted by molar-refractivity contribution is 6.31. The van der Waals surface area contributed by atoms with Crippen LogP contribution in [0.5, 0.6) is 0 Å². The molecule has 0 saturated carbocycles. The first kappa shape index (κ1) is 14.1. The monoisotopic (exact) mass is 303 g/mol. The second kappa shape index (κ2) is 5.15. The fourth-order valence-corrected chi connectivity index (χ4v) is 3.17. The van der Waals surface area contributed by atoms with E-state index >= 15 is 0 Å². The minimum Gasteiger partial charge on any atom is -0.326 e. The summed E-state index contributed by atoms with van der Waals surface area (Å²) in [5.41, 5.74) is 4.21. The molecule has 1 amide bonds. The fraction of sp³-hybridized carbons (Fsp3) is 0.235. The summed E-state index contributed by atoms with van der Waals surface area (Å²) in [6.07, 6.45) is 0.205. The Bertz CT molecular complexity index is 722. The Morgan fingerprint density at radius 3 is 2.71 bits per heavy atom. The number of nitrogens with one attached hydrogen (secondary N) is 1. The van der Waals surface area contributed by atoms with E-state index in [-0.39, 0.29) is 24.1 Å². The Hall–Kier alpha value is -1.87. The van der Waals surface area contributed by atoms with Gasteiger partial charge in [0.25, 0.3) is 0 Å². The Morgan fingerprint density at radius 2 is 2.00 bits per heavy atom. The summed E-state index contributed by atoms with van der Waals surface area (Å²) in [5.74, 6) is -0.825. The van der Waals surface area contributed by atoms with Crippen LogP contribution in [0.15, 0.2) is 30.3 Å². The van der Waals surface area contributed by atoms with Crippen LogP contribution in [0.2, 0.25) is 5.02 Å². The van der Waals surface area contributed by atoms with Crippen LogP contribution < -0.4 is 5.32 Å². The molecule has 4 heteroatoms. The number of benzene rings is 2. The van der Waals surface area contributed by atoms with Gasteiger partial charge in [-0.1, -0.05) is 29.8 Å². The number of hydrogen-bond acceptors (Lipinski definition) is 1. The van der Waals surface area contributed by atoms with E-state index in [0.717, 1.165) is 22.4 Å². The van der Waals surface area contributed by atoms with Crippen molar-refractivity contribution in [2.24, 2.45) is 0 Å². The third-order valence-electron chi connectivity index (χ3n) is 4.15. The van der Waals surface area contributed by atoms with Crippen LogP contribution in [0.1, 0.15) is 34.6 Å². The lowest BCUT2D eigenvalue weighted by molar-refractivity contribution is -0.116. The maximum atomic E-state index is 14.2. The van der Waals surface area contributed by atoms with E-state index in [1.165, 1.54) is 6.07 Å². The number of amides is 1. The van der Waals surface area contributed by atoms with Crippen molar-refractivity contribution in [3.05, 3.63) is 63.4 Å². The number of aryl methyl sites for hydroxylation is 1. The van der Waals surface area contributed by atoms with Crippen molar-refractivity contribution in [1.82, 2.24) is 0 Å². The van der Waals surface area contributed by atoms with Gasteiger partial charge >= 0.3 is 0 Å². The van der Waals surface area contributed by atoms with Crippen LogP contribution in [-0.2, 0) is 4.79 Å². The van der Waals surface area contributed by atoms with Crippen molar-refractivity contribution < 1.29 is 9.18 Å². The molecule has 1 atom stereocenters. The molecule has 21 heavy (non-hydrogen) atoms. The molecular formula is C17H15ClFNO. The van der Waals surface area contributed by atoms with Gasteiger partial charge in [0.05, 0.1) is 0 Å². The molecule has 3 rings (SSSR count). The maximum Gasteiger partial charge on any atom is 0.225 e. The molecule has 1 unspecified atom stereocenters. The van der Waals surface area contributed by atoms with Crippen molar-refractivity contribution in [1.29, 1.82) is 0 Å². The number of halogens is 2. The van der Waals surface area contributed by atoms with Gasteiger partial charge in [0.15, 0.2) is 0 Å². The normalized spacial score (nSPS) is 17.3. The van der Waals surface area contributed by atoms with E-state index < -0.39 is 0 Å². The summed E-state index contributed by atoms with van der Waals surface area (Å²) in [5, 5.41) is 3.26. The van der Waals surface area contributed by atoms with E-state index in [0.29, 0.717) is 10.6 Å². The molecule has 1 heterocycles. The summed E-state index contributed by atoms with van der Waals surface area (Å²) in [6.45, 7) is 3.95. The number of fused-ring (bicyclic) bond motifs is 1. The van der Waals surface area contributed by atoms with Gasteiger partial charge in [0, 0.05) is 28.6 Å². The third-order valence-corrected chi connectivity index (χ3v) is 4.48. The minimum absolute atomic E-state index is 0.111. The van der Waals surface area contributed by atoms with Gasteiger partial charge in [-0.3, -0.25) is 4.79 Å². The van der Waals surface area contributed by atoms with Crippen LogP contribution >= 0.6 is 11.6 Å². The van der Waals surface area contributed by atoms with Gasteiger partial charge in [-0.05, 0) is 42.7 Å². The fourth-order valence-electron chi connectivity index (χ4n) is 2.88. The molecule has 2 aromatic rings. The Kier molecular flexibility index (Phi) is 3.46. The number of hydrogen-bond donors (Lipinski definition) is 1. The molecule has 0 spiro atoms. The van der Waals surface area contributed by atoms with Crippen molar-refractivity contribution in [3.63, 3.8) is 0 Å². The van der Waals surface area contributed by atoms with Gasteiger partial charge in [0.2, 0.25) is 5.91 Å². The Morgan fingerprint density at radius 1 is 1.24 bits per heavy atom. The van der Waals surface area contributed by atoms with Crippen molar-refractivity contribution in [3.8, 4) is 0 Å². The lowest BCUT2D eigenvalue weighted by atomic mass is 9.82. The molecule has 0 aromatic heterocycles. The highest BCUT2D eigenvalue weighted by Crippen LogP contribution is 2.42. The summed E-state index contributed by atoms with van der Waals surface area (Å²) in [7, 11) is 0. The van der Waals surface area contributed by atoms with Crippen LogP contribution in [-0.4, -0.2) is 5.91 Å². The largest absolute Gasteiger partial charge is 0.326 e. The Balaban J connectivity index is 2.23. The summed E-state index contributed by atoms with van der Waals surface area (Å²) in [4.78, 5) is 12.0. The van der Waals surface area contributed by atoms with Crippen LogP contribution in [0.25, 0.3) is 0 Å². The molecule has 0 saturated heterocycles. The molecule has 0 bridgehead atoms. The van der Waals surface area contributed by atoms with E-state index in [1.54, 1.807) is 12.1 Å². The number of carbonyl (C=O) groups is 1. The molecule has 0 fully saturated rings. The zero-order valence-electron chi connectivity index (χ0n) is 11.8. The molecule has 1 aliphatic rings. The van der Waals surface area contributed by atoms with E-state index in [9.17, 15) is 9.18 Å².